The molecule has 1 aromatic heterocycles. The van der Waals surface area contributed by atoms with Crippen LogP contribution in [0.25, 0.3) is 11.4 Å². The van der Waals surface area contributed by atoms with Crippen LogP contribution in [0.3, 0.4) is 0 Å². The van der Waals surface area contributed by atoms with Crippen LogP contribution in [0.15, 0.2) is 53.7 Å². The molecule has 0 spiro atoms. The van der Waals surface area contributed by atoms with Gasteiger partial charge in [0.2, 0.25) is 0 Å². The molecule has 0 fully saturated rings. The van der Waals surface area contributed by atoms with Gasteiger partial charge in [-0.1, -0.05) is 11.8 Å². The molecule has 29 heavy (non-hydrogen) atoms. The summed E-state index contributed by atoms with van der Waals surface area (Å²) >= 11 is 1.36. The number of nitrogens with zero attached hydrogens (tertiary/aromatic N) is 3. The number of rotatable bonds is 10. The number of carbonyl (C=O) groups is 1. The average Bonchev–Trinajstić information content (AvgIpc) is 3.18. The van der Waals surface area contributed by atoms with Gasteiger partial charge in [0, 0.05) is 18.2 Å². The van der Waals surface area contributed by atoms with Crippen LogP contribution < -0.4 is 9.47 Å². The van der Waals surface area contributed by atoms with E-state index in [1.54, 1.807) is 45.6 Å². The zero-order chi connectivity index (χ0) is 20.6. The van der Waals surface area contributed by atoms with E-state index < -0.39 is 0 Å². The second-order valence-corrected chi connectivity index (χ2v) is 7.06. The van der Waals surface area contributed by atoms with Crippen molar-refractivity contribution in [3.63, 3.8) is 0 Å². The molecule has 0 aliphatic rings. The highest BCUT2D eigenvalue weighted by molar-refractivity contribution is 7.99. The molecule has 3 aromatic rings. The second kappa shape index (κ2) is 10.1. The summed E-state index contributed by atoms with van der Waals surface area (Å²) in [5.41, 5.74) is 1.55. The molecule has 7 nitrogen and oxygen atoms in total. The Hall–Kier alpha value is -2.84. The number of methoxy groups -OCH3 is 3. The molecule has 1 heterocycles. The van der Waals surface area contributed by atoms with Crippen molar-refractivity contribution in [2.75, 3.05) is 33.7 Å². The maximum Gasteiger partial charge on any atom is 0.192 e. The minimum Gasteiger partial charge on any atom is -0.497 e. The van der Waals surface area contributed by atoms with E-state index in [0.717, 1.165) is 22.9 Å². The Kier molecular flexibility index (Phi) is 7.26. The molecule has 8 heteroatoms. The van der Waals surface area contributed by atoms with Gasteiger partial charge in [-0.3, -0.25) is 9.36 Å². The maximum absolute atomic E-state index is 12.5. The van der Waals surface area contributed by atoms with Gasteiger partial charge < -0.3 is 14.2 Å². The first-order chi connectivity index (χ1) is 14.2. The first kappa shape index (κ1) is 20.9. The fourth-order valence-corrected chi connectivity index (χ4v) is 3.58. The van der Waals surface area contributed by atoms with Crippen molar-refractivity contribution in [1.29, 1.82) is 0 Å². The number of Topliss-reactive ketones (excluding diaryl/α,β-unsaturated/α-hetero) is 1. The van der Waals surface area contributed by atoms with Crippen LogP contribution in [0.4, 0.5) is 0 Å². The molecule has 0 amide bonds. The molecule has 0 N–H and O–H groups in total. The molecule has 0 aliphatic carbocycles. The quantitative estimate of drug-likeness (QED) is 0.371. The molecule has 0 saturated heterocycles. The van der Waals surface area contributed by atoms with Crippen LogP contribution in [0.5, 0.6) is 11.5 Å². The van der Waals surface area contributed by atoms with Gasteiger partial charge in [-0.05, 0) is 48.5 Å². The molecule has 0 atom stereocenters. The van der Waals surface area contributed by atoms with E-state index in [4.69, 9.17) is 14.2 Å². The van der Waals surface area contributed by atoms with E-state index in [1.165, 1.54) is 11.8 Å². The molecular weight excluding hydrogens is 390 g/mol. The van der Waals surface area contributed by atoms with Gasteiger partial charge in [0.15, 0.2) is 16.8 Å². The predicted molar refractivity (Wildman–Crippen MR) is 112 cm³/mol. The van der Waals surface area contributed by atoms with Gasteiger partial charge in [0.05, 0.1) is 33.1 Å². The molecule has 0 unspecified atom stereocenters. The minimum atomic E-state index is 0.0185. The van der Waals surface area contributed by atoms with Crippen LogP contribution in [-0.2, 0) is 11.3 Å². The lowest BCUT2D eigenvalue weighted by molar-refractivity contribution is 0.102. The van der Waals surface area contributed by atoms with Crippen molar-refractivity contribution in [2.45, 2.75) is 11.7 Å². The summed E-state index contributed by atoms with van der Waals surface area (Å²) in [6.07, 6.45) is 0. The number of ether oxygens (including phenoxy) is 3. The lowest BCUT2D eigenvalue weighted by atomic mass is 10.1. The summed E-state index contributed by atoms with van der Waals surface area (Å²) in [5, 5.41) is 9.31. The van der Waals surface area contributed by atoms with Gasteiger partial charge in [-0.25, -0.2) is 0 Å². The van der Waals surface area contributed by atoms with Crippen LogP contribution in [-0.4, -0.2) is 54.2 Å². The topological polar surface area (TPSA) is 75.5 Å². The van der Waals surface area contributed by atoms with Crippen molar-refractivity contribution >= 4 is 17.5 Å². The molecule has 152 valence electrons. The van der Waals surface area contributed by atoms with Crippen molar-refractivity contribution in [2.24, 2.45) is 0 Å². The number of aromatic nitrogens is 3. The Morgan fingerprint density at radius 1 is 0.931 bits per heavy atom. The first-order valence-corrected chi connectivity index (χ1v) is 10.0. The number of hydrogen-bond acceptors (Lipinski definition) is 7. The normalized spacial score (nSPS) is 10.7. The van der Waals surface area contributed by atoms with Gasteiger partial charge in [0.25, 0.3) is 0 Å². The zero-order valence-corrected chi connectivity index (χ0v) is 17.4. The summed E-state index contributed by atoms with van der Waals surface area (Å²) < 4.78 is 17.5. The highest BCUT2D eigenvalue weighted by Gasteiger charge is 2.16. The Bertz CT molecular complexity index is 940. The molecule has 0 radical (unpaired) electrons. The smallest absolute Gasteiger partial charge is 0.192 e. The third-order valence-electron chi connectivity index (χ3n) is 4.33. The monoisotopic (exact) mass is 413 g/mol. The molecular formula is C21H23N3O4S. The number of benzene rings is 2. The minimum absolute atomic E-state index is 0.0185. The van der Waals surface area contributed by atoms with Gasteiger partial charge in [-0.15, -0.1) is 10.2 Å². The van der Waals surface area contributed by atoms with Crippen LogP contribution in [0.2, 0.25) is 0 Å². The number of thioether (sulfide) groups is 1. The van der Waals surface area contributed by atoms with E-state index >= 15 is 0 Å². The standard InChI is InChI=1S/C21H23N3O4S/c1-26-13-12-24-20(16-6-10-18(28-3)11-7-16)22-23-21(24)29-14-19(25)15-4-8-17(27-2)9-5-15/h4-11H,12-14H2,1-3H3. The summed E-state index contributed by atoms with van der Waals surface area (Å²) in [5.74, 6) is 2.50. The van der Waals surface area contributed by atoms with Crippen LogP contribution in [0.1, 0.15) is 10.4 Å². The van der Waals surface area contributed by atoms with Crippen molar-refractivity contribution in [3.8, 4) is 22.9 Å². The van der Waals surface area contributed by atoms with E-state index in [9.17, 15) is 4.79 Å². The Labute approximate surface area is 174 Å². The molecule has 2 aromatic carbocycles. The lowest BCUT2D eigenvalue weighted by Gasteiger charge is -2.10. The lowest BCUT2D eigenvalue weighted by Crippen LogP contribution is -2.09. The SMILES string of the molecule is COCCn1c(SCC(=O)c2ccc(OC)cc2)nnc1-c1ccc(OC)cc1. The molecule has 3 rings (SSSR count). The fraction of sp³-hybridized carbons (Fsp3) is 0.286. The summed E-state index contributed by atoms with van der Waals surface area (Å²) in [7, 11) is 4.88. The number of carbonyl (C=O) groups excluding carboxylic acids is 1. The fourth-order valence-electron chi connectivity index (χ4n) is 2.72. The largest absolute Gasteiger partial charge is 0.497 e. The highest BCUT2D eigenvalue weighted by Crippen LogP contribution is 2.26. The zero-order valence-electron chi connectivity index (χ0n) is 16.6. The maximum atomic E-state index is 12.5. The molecule has 0 bridgehead atoms. The van der Waals surface area contributed by atoms with Crippen molar-refractivity contribution in [3.05, 3.63) is 54.1 Å². The Morgan fingerprint density at radius 2 is 1.55 bits per heavy atom. The first-order valence-electron chi connectivity index (χ1n) is 9.03. The predicted octanol–water partition coefficient (Wildman–Crippen LogP) is 3.58. The molecule has 0 saturated carbocycles. The summed E-state index contributed by atoms with van der Waals surface area (Å²) in [4.78, 5) is 12.5. The van der Waals surface area contributed by atoms with Crippen molar-refractivity contribution in [1.82, 2.24) is 14.8 Å². The van der Waals surface area contributed by atoms with E-state index in [-0.39, 0.29) is 11.5 Å². The second-order valence-electron chi connectivity index (χ2n) is 6.12. The van der Waals surface area contributed by atoms with Gasteiger partial charge >= 0.3 is 0 Å². The van der Waals surface area contributed by atoms with Gasteiger partial charge in [-0.2, -0.15) is 0 Å². The van der Waals surface area contributed by atoms with E-state index in [0.29, 0.717) is 23.9 Å². The number of hydrogen-bond donors (Lipinski definition) is 0. The Balaban J connectivity index is 1.77. The van der Waals surface area contributed by atoms with Crippen molar-refractivity contribution < 1.29 is 19.0 Å². The summed E-state index contributed by atoms with van der Waals surface area (Å²) in [6.45, 7) is 1.10. The summed E-state index contributed by atoms with van der Waals surface area (Å²) in [6, 6.07) is 14.7. The third kappa shape index (κ3) is 5.16. The highest BCUT2D eigenvalue weighted by atomic mass is 32.2. The van der Waals surface area contributed by atoms with Gasteiger partial charge in [0.1, 0.15) is 11.5 Å². The van der Waals surface area contributed by atoms with Crippen LogP contribution >= 0.6 is 11.8 Å². The van der Waals surface area contributed by atoms with E-state index in [1.807, 2.05) is 28.8 Å². The molecule has 0 aliphatic heterocycles. The van der Waals surface area contributed by atoms with Crippen LogP contribution in [0, 0.1) is 0 Å². The Morgan fingerprint density at radius 3 is 2.14 bits per heavy atom. The third-order valence-corrected chi connectivity index (χ3v) is 5.30. The average molecular weight is 413 g/mol. The van der Waals surface area contributed by atoms with E-state index in [2.05, 4.69) is 10.2 Å². The number of ketones is 1.